The van der Waals surface area contributed by atoms with Crippen LogP contribution in [0.3, 0.4) is 0 Å². The number of halogens is 1. The van der Waals surface area contributed by atoms with Crippen LogP contribution in [0.15, 0.2) is 24.3 Å². The molecule has 14 heavy (non-hydrogen) atoms. The molecule has 1 aliphatic carbocycles. The number of nitrogens with zero attached hydrogens (tertiary/aromatic N) is 1. The van der Waals surface area contributed by atoms with E-state index in [1.807, 2.05) is 18.2 Å². The standard InChI is InChI=1S/C11H10BrNO/c12-13-9-4-2-1-3-8(9)7-11(5-6-11)10(13)14/h1-4H,5-7H2. The number of anilines is 1. The van der Waals surface area contributed by atoms with E-state index in [0.29, 0.717) is 0 Å². The highest BCUT2D eigenvalue weighted by atomic mass is 79.9. The third-order valence-corrected chi connectivity index (χ3v) is 3.92. The lowest BCUT2D eigenvalue weighted by Gasteiger charge is -2.29. The summed E-state index contributed by atoms with van der Waals surface area (Å²) in [7, 11) is 0. The van der Waals surface area contributed by atoms with E-state index < -0.39 is 0 Å². The second-order valence-corrected chi connectivity index (χ2v) is 4.88. The molecule has 1 aromatic carbocycles. The maximum Gasteiger partial charge on any atom is 0.243 e. The fourth-order valence-electron chi connectivity index (χ4n) is 2.15. The van der Waals surface area contributed by atoms with E-state index in [2.05, 4.69) is 22.2 Å². The minimum atomic E-state index is -0.0577. The van der Waals surface area contributed by atoms with Crippen molar-refractivity contribution in [1.82, 2.24) is 0 Å². The highest BCUT2D eigenvalue weighted by molar-refractivity contribution is 9.10. The summed E-state index contributed by atoms with van der Waals surface area (Å²) in [5.74, 6) is 0.233. The van der Waals surface area contributed by atoms with Crippen molar-refractivity contribution >= 4 is 27.7 Å². The molecule has 1 spiro atoms. The van der Waals surface area contributed by atoms with Crippen molar-refractivity contribution in [2.45, 2.75) is 19.3 Å². The zero-order chi connectivity index (χ0) is 9.76. The normalized spacial score (nSPS) is 22.4. The van der Waals surface area contributed by atoms with E-state index in [1.54, 1.807) is 3.93 Å². The number of carbonyl (C=O) groups excluding carboxylic acids is 1. The molecule has 0 radical (unpaired) electrons. The van der Waals surface area contributed by atoms with Gasteiger partial charge in [-0.1, -0.05) is 18.2 Å². The maximum absolute atomic E-state index is 12.0. The summed E-state index contributed by atoms with van der Waals surface area (Å²) in [6.45, 7) is 0. The van der Waals surface area contributed by atoms with Gasteiger partial charge in [-0.25, -0.2) is 3.93 Å². The molecule has 1 fully saturated rings. The lowest BCUT2D eigenvalue weighted by atomic mass is 9.91. The number of carbonyl (C=O) groups is 1. The molecule has 0 N–H and O–H groups in total. The van der Waals surface area contributed by atoms with Crippen LogP contribution in [0, 0.1) is 5.41 Å². The van der Waals surface area contributed by atoms with Crippen molar-refractivity contribution in [1.29, 1.82) is 0 Å². The average Bonchev–Trinajstić information content (AvgIpc) is 2.96. The summed E-state index contributed by atoms with van der Waals surface area (Å²) in [4.78, 5) is 12.0. The molecule has 1 amide bonds. The fraction of sp³-hybridized carbons (Fsp3) is 0.364. The van der Waals surface area contributed by atoms with Gasteiger partial charge >= 0.3 is 0 Å². The molecule has 0 aromatic heterocycles. The fourth-order valence-corrected chi connectivity index (χ4v) is 2.87. The van der Waals surface area contributed by atoms with E-state index in [1.165, 1.54) is 5.56 Å². The van der Waals surface area contributed by atoms with Crippen LogP contribution >= 0.6 is 16.1 Å². The molecule has 72 valence electrons. The van der Waals surface area contributed by atoms with Gasteiger partial charge in [0.25, 0.3) is 0 Å². The zero-order valence-electron chi connectivity index (χ0n) is 7.66. The van der Waals surface area contributed by atoms with Crippen LogP contribution < -0.4 is 3.93 Å². The van der Waals surface area contributed by atoms with Crippen LogP contribution in [-0.4, -0.2) is 5.91 Å². The number of benzene rings is 1. The number of fused-ring (bicyclic) bond motifs is 1. The Hall–Kier alpha value is -0.830. The van der Waals surface area contributed by atoms with Crippen molar-refractivity contribution in [2.24, 2.45) is 5.41 Å². The quantitative estimate of drug-likeness (QED) is 0.650. The van der Waals surface area contributed by atoms with Crippen molar-refractivity contribution in [3.63, 3.8) is 0 Å². The largest absolute Gasteiger partial charge is 0.273 e. The molecule has 1 heterocycles. The second kappa shape index (κ2) is 2.60. The summed E-state index contributed by atoms with van der Waals surface area (Å²) in [5.41, 5.74) is 2.23. The van der Waals surface area contributed by atoms with E-state index in [9.17, 15) is 4.79 Å². The van der Waals surface area contributed by atoms with Gasteiger partial charge in [-0.3, -0.25) is 4.79 Å². The van der Waals surface area contributed by atoms with Gasteiger partial charge in [0.2, 0.25) is 5.91 Å². The van der Waals surface area contributed by atoms with Gasteiger partial charge in [0, 0.05) is 0 Å². The highest BCUT2D eigenvalue weighted by Crippen LogP contribution is 2.54. The third-order valence-electron chi connectivity index (χ3n) is 3.22. The molecule has 0 bridgehead atoms. The van der Waals surface area contributed by atoms with E-state index in [0.717, 1.165) is 24.9 Å². The molecule has 0 unspecified atom stereocenters. The van der Waals surface area contributed by atoms with Crippen LogP contribution in [-0.2, 0) is 11.2 Å². The topological polar surface area (TPSA) is 20.3 Å². The van der Waals surface area contributed by atoms with E-state index in [-0.39, 0.29) is 11.3 Å². The number of amides is 1. The van der Waals surface area contributed by atoms with Crippen LogP contribution in [0.1, 0.15) is 18.4 Å². The van der Waals surface area contributed by atoms with Gasteiger partial charge in [0.1, 0.15) is 0 Å². The first-order chi connectivity index (χ1) is 6.73. The molecule has 3 rings (SSSR count). The summed E-state index contributed by atoms with van der Waals surface area (Å²) < 4.78 is 1.64. The summed E-state index contributed by atoms with van der Waals surface area (Å²) >= 11 is 3.35. The Bertz CT molecular complexity index is 412. The Kier molecular flexibility index (Phi) is 1.57. The van der Waals surface area contributed by atoms with Crippen LogP contribution in [0.5, 0.6) is 0 Å². The molecule has 0 saturated heterocycles. The van der Waals surface area contributed by atoms with Gasteiger partial charge in [0.15, 0.2) is 0 Å². The van der Waals surface area contributed by atoms with Crippen LogP contribution in [0.4, 0.5) is 5.69 Å². The SMILES string of the molecule is O=C1N(Br)c2ccccc2CC12CC2. The van der Waals surface area contributed by atoms with Crippen molar-refractivity contribution in [3.8, 4) is 0 Å². The average molecular weight is 252 g/mol. The molecule has 0 atom stereocenters. The lowest BCUT2D eigenvalue weighted by Crippen LogP contribution is -2.36. The van der Waals surface area contributed by atoms with Gasteiger partial charge < -0.3 is 0 Å². The molecule has 1 saturated carbocycles. The van der Waals surface area contributed by atoms with Gasteiger partial charge in [0.05, 0.1) is 27.2 Å². The minimum Gasteiger partial charge on any atom is -0.273 e. The van der Waals surface area contributed by atoms with Gasteiger partial charge in [-0.2, -0.15) is 0 Å². The molecule has 2 aliphatic rings. The number of rotatable bonds is 0. The Morgan fingerprint density at radius 1 is 1.29 bits per heavy atom. The maximum atomic E-state index is 12.0. The smallest absolute Gasteiger partial charge is 0.243 e. The zero-order valence-corrected chi connectivity index (χ0v) is 9.25. The Morgan fingerprint density at radius 3 is 2.71 bits per heavy atom. The Balaban J connectivity index is 2.13. The second-order valence-electron chi connectivity index (χ2n) is 4.17. The predicted molar refractivity (Wildman–Crippen MR) is 58.2 cm³/mol. The van der Waals surface area contributed by atoms with Crippen molar-refractivity contribution < 1.29 is 4.79 Å². The Labute approximate surface area is 91.2 Å². The highest BCUT2D eigenvalue weighted by Gasteiger charge is 2.54. The monoisotopic (exact) mass is 251 g/mol. The first-order valence-electron chi connectivity index (χ1n) is 4.81. The number of para-hydroxylation sites is 1. The van der Waals surface area contributed by atoms with Gasteiger partial charge in [-0.15, -0.1) is 0 Å². The van der Waals surface area contributed by atoms with E-state index >= 15 is 0 Å². The van der Waals surface area contributed by atoms with Crippen molar-refractivity contribution in [2.75, 3.05) is 3.93 Å². The summed E-state index contributed by atoms with van der Waals surface area (Å²) in [6.07, 6.45) is 3.01. The molecule has 2 nitrogen and oxygen atoms in total. The third kappa shape index (κ3) is 0.989. The molecular formula is C11H10BrNO. The minimum absolute atomic E-state index is 0.0577. The molecule has 1 aromatic rings. The Morgan fingerprint density at radius 2 is 2.00 bits per heavy atom. The first-order valence-corrected chi connectivity index (χ1v) is 5.52. The molecule has 1 aliphatic heterocycles. The molecule has 3 heteroatoms. The van der Waals surface area contributed by atoms with Crippen LogP contribution in [0.25, 0.3) is 0 Å². The van der Waals surface area contributed by atoms with Crippen LogP contribution in [0.2, 0.25) is 0 Å². The first kappa shape index (κ1) is 8.48. The lowest BCUT2D eigenvalue weighted by molar-refractivity contribution is -0.122. The summed E-state index contributed by atoms with van der Waals surface area (Å²) in [6, 6.07) is 8.09. The predicted octanol–water partition coefficient (Wildman–Crippen LogP) is 2.67. The summed E-state index contributed by atoms with van der Waals surface area (Å²) in [5, 5.41) is 0. The number of hydrogen-bond donors (Lipinski definition) is 0. The van der Waals surface area contributed by atoms with Gasteiger partial charge in [-0.05, 0) is 30.9 Å². The van der Waals surface area contributed by atoms with E-state index in [4.69, 9.17) is 0 Å². The molecular weight excluding hydrogens is 242 g/mol. The number of hydrogen-bond acceptors (Lipinski definition) is 1. The van der Waals surface area contributed by atoms with Crippen molar-refractivity contribution in [3.05, 3.63) is 29.8 Å².